The zero-order valence-electron chi connectivity index (χ0n) is 10.6. The van der Waals surface area contributed by atoms with Crippen molar-refractivity contribution in [3.8, 4) is 0 Å². The van der Waals surface area contributed by atoms with Crippen LogP contribution >= 0.6 is 0 Å². The molecule has 2 N–H and O–H groups in total. The van der Waals surface area contributed by atoms with E-state index in [1.54, 1.807) is 12.1 Å². The molecule has 0 aliphatic heterocycles. The van der Waals surface area contributed by atoms with Gasteiger partial charge in [0.05, 0.1) is 11.3 Å². The molecule has 0 saturated carbocycles. The highest BCUT2D eigenvalue weighted by molar-refractivity contribution is 7.89. The Bertz CT molecular complexity index is 532. The van der Waals surface area contributed by atoms with E-state index in [2.05, 4.69) is 4.72 Å². The van der Waals surface area contributed by atoms with Crippen molar-refractivity contribution >= 4 is 16.0 Å². The number of hydrogen-bond donors (Lipinski definition) is 2. The van der Waals surface area contributed by atoms with Crippen LogP contribution in [0.15, 0.2) is 29.2 Å². The summed E-state index contributed by atoms with van der Waals surface area (Å²) in [5.41, 5.74) is -0.0750. The Labute approximate surface area is 107 Å². The molecule has 0 fully saturated rings. The molecular formula is C12H17NO4S. The number of aliphatic carboxylic acids is 1. The maximum absolute atomic E-state index is 12.0. The van der Waals surface area contributed by atoms with E-state index < -0.39 is 21.5 Å². The van der Waals surface area contributed by atoms with Gasteiger partial charge >= 0.3 is 5.97 Å². The number of hydrogen-bond acceptors (Lipinski definition) is 3. The molecule has 0 spiro atoms. The standard InChI is InChI=1S/C12H17NO4S/c1-9-4-6-10(7-5-9)18(16,17)13-12(2,3)8-11(14)15/h4-7,13H,8H2,1-3H3,(H,14,15). The molecule has 5 nitrogen and oxygen atoms in total. The van der Waals surface area contributed by atoms with Crippen LogP contribution in [-0.4, -0.2) is 25.0 Å². The third kappa shape index (κ3) is 4.12. The third-order valence-corrected chi connectivity index (χ3v) is 4.05. The largest absolute Gasteiger partial charge is 0.481 e. The van der Waals surface area contributed by atoms with Gasteiger partial charge in [0.2, 0.25) is 10.0 Å². The number of carbonyl (C=O) groups is 1. The van der Waals surface area contributed by atoms with Crippen molar-refractivity contribution in [3.63, 3.8) is 0 Å². The summed E-state index contributed by atoms with van der Waals surface area (Å²) in [6, 6.07) is 6.38. The molecule has 0 amide bonds. The second-order valence-corrected chi connectivity index (χ2v) is 6.56. The van der Waals surface area contributed by atoms with Crippen LogP contribution in [0.2, 0.25) is 0 Å². The normalized spacial score (nSPS) is 12.4. The Hall–Kier alpha value is -1.40. The average Bonchev–Trinajstić information content (AvgIpc) is 2.13. The van der Waals surface area contributed by atoms with Gasteiger partial charge in [0, 0.05) is 5.54 Å². The number of nitrogens with one attached hydrogen (secondary N) is 1. The highest BCUT2D eigenvalue weighted by Crippen LogP contribution is 2.16. The third-order valence-electron chi connectivity index (χ3n) is 2.34. The summed E-state index contributed by atoms with van der Waals surface area (Å²) >= 11 is 0. The van der Waals surface area contributed by atoms with Crippen molar-refractivity contribution < 1.29 is 18.3 Å². The molecule has 0 aliphatic rings. The lowest BCUT2D eigenvalue weighted by atomic mass is 10.0. The summed E-state index contributed by atoms with van der Waals surface area (Å²) in [6.07, 6.45) is -0.280. The van der Waals surface area contributed by atoms with Gasteiger partial charge in [-0.15, -0.1) is 0 Å². The number of carboxylic acid groups (broad SMARTS) is 1. The van der Waals surface area contributed by atoms with Crippen LogP contribution in [0.3, 0.4) is 0 Å². The molecule has 1 rings (SSSR count). The SMILES string of the molecule is Cc1ccc(S(=O)(=O)NC(C)(C)CC(=O)O)cc1. The predicted octanol–water partition coefficient (Wildman–Crippen LogP) is 1.53. The molecule has 0 unspecified atom stereocenters. The highest BCUT2D eigenvalue weighted by atomic mass is 32.2. The summed E-state index contributed by atoms with van der Waals surface area (Å²) in [7, 11) is -3.69. The topological polar surface area (TPSA) is 83.5 Å². The van der Waals surface area contributed by atoms with Gasteiger partial charge in [-0.25, -0.2) is 13.1 Å². The van der Waals surface area contributed by atoms with E-state index in [1.165, 1.54) is 26.0 Å². The van der Waals surface area contributed by atoms with Crippen LogP contribution in [0.5, 0.6) is 0 Å². The van der Waals surface area contributed by atoms with Crippen molar-refractivity contribution in [3.05, 3.63) is 29.8 Å². The fourth-order valence-corrected chi connectivity index (χ4v) is 2.97. The molecule has 0 aromatic heterocycles. The predicted molar refractivity (Wildman–Crippen MR) is 67.8 cm³/mol. The van der Waals surface area contributed by atoms with Gasteiger partial charge in [-0.05, 0) is 32.9 Å². The number of sulfonamides is 1. The molecule has 18 heavy (non-hydrogen) atoms. The van der Waals surface area contributed by atoms with E-state index in [9.17, 15) is 13.2 Å². The second kappa shape index (κ2) is 5.07. The molecule has 1 aromatic carbocycles. The van der Waals surface area contributed by atoms with Gasteiger partial charge in [-0.2, -0.15) is 0 Å². The quantitative estimate of drug-likeness (QED) is 0.850. The molecule has 100 valence electrons. The van der Waals surface area contributed by atoms with Gasteiger partial charge in [0.1, 0.15) is 0 Å². The molecule has 0 radical (unpaired) electrons. The lowest BCUT2D eigenvalue weighted by Crippen LogP contribution is -2.44. The van der Waals surface area contributed by atoms with E-state index in [4.69, 9.17) is 5.11 Å². The van der Waals surface area contributed by atoms with Gasteiger partial charge in [-0.1, -0.05) is 17.7 Å². The molecule has 1 aromatic rings. The molecule has 6 heteroatoms. The minimum atomic E-state index is -3.69. The minimum Gasteiger partial charge on any atom is -0.481 e. The van der Waals surface area contributed by atoms with Crippen LogP contribution < -0.4 is 4.72 Å². The zero-order chi connectivity index (χ0) is 14.0. The van der Waals surface area contributed by atoms with Crippen molar-refractivity contribution in [1.29, 1.82) is 0 Å². The Kier molecular flexibility index (Phi) is 4.13. The number of aryl methyl sites for hydroxylation is 1. The Balaban J connectivity index is 2.95. The molecule has 0 aliphatic carbocycles. The van der Waals surface area contributed by atoms with E-state index in [0.29, 0.717) is 0 Å². The molecule has 0 bridgehead atoms. The first-order chi connectivity index (χ1) is 8.12. The zero-order valence-corrected chi connectivity index (χ0v) is 11.4. The Morgan fingerprint density at radius 2 is 1.78 bits per heavy atom. The number of benzene rings is 1. The second-order valence-electron chi connectivity index (χ2n) is 4.87. The van der Waals surface area contributed by atoms with Crippen molar-refractivity contribution in [2.24, 2.45) is 0 Å². The summed E-state index contributed by atoms with van der Waals surface area (Å²) < 4.78 is 26.5. The van der Waals surface area contributed by atoms with Crippen LogP contribution in [0.4, 0.5) is 0 Å². The van der Waals surface area contributed by atoms with Crippen LogP contribution in [0, 0.1) is 6.92 Å². The van der Waals surface area contributed by atoms with E-state index in [1.807, 2.05) is 6.92 Å². The Morgan fingerprint density at radius 1 is 1.28 bits per heavy atom. The first-order valence-electron chi connectivity index (χ1n) is 5.45. The Morgan fingerprint density at radius 3 is 2.22 bits per heavy atom. The van der Waals surface area contributed by atoms with Crippen LogP contribution in [0.1, 0.15) is 25.8 Å². The molecule has 0 heterocycles. The first-order valence-corrected chi connectivity index (χ1v) is 6.93. The minimum absolute atomic E-state index is 0.131. The summed E-state index contributed by atoms with van der Waals surface area (Å²) in [5, 5.41) is 8.72. The highest BCUT2D eigenvalue weighted by Gasteiger charge is 2.28. The lowest BCUT2D eigenvalue weighted by molar-refractivity contribution is -0.138. The fourth-order valence-electron chi connectivity index (χ4n) is 1.55. The van der Waals surface area contributed by atoms with Crippen molar-refractivity contribution in [2.45, 2.75) is 37.6 Å². The maximum Gasteiger partial charge on any atom is 0.305 e. The first kappa shape index (κ1) is 14.7. The average molecular weight is 271 g/mol. The summed E-state index contributed by atoms with van der Waals surface area (Å²) in [4.78, 5) is 10.8. The number of rotatable bonds is 5. The maximum atomic E-state index is 12.0. The fraction of sp³-hybridized carbons (Fsp3) is 0.417. The van der Waals surface area contributed by atoms with E-state index in [0.717, 1.165) is 5.56 Å². The number of carboxylic acids is 1. The van der Waals surface area contributed by atoms with Crippen molar-refractivity contribution in [2.75, 3.05) is 0 Å². The van der Waals surface area contributed by atoms with Gasteiger partial charge in [0.15, 0.2) is 0 Å². The van der Waals surface area contributed by atoms with Gasteiger partial charge in [0.25, 0.3) is 0 Å². The molecular weight excluding hydrogens is 254 g/mol. The van der Waals surface area contributed by atoms with Crippen LogP contribution in [-0.2, 0) is 14.8 Å². The van der Waals surface area contributed by atoms with Crippen LogP contribution in [0.25, 0.3) is 0 Å². The molecule has 0 saturated heterocycles. The van der Waals surface area contributed by atoms with Crippen molar-refractivity contribution in [1.82, 2.24) is 4.72 Å². The van der Waals surface area contributed by atoms with E-state index >= 15 is 0 Å². The molecule has 0 atom stereocenters. The van der Waals surface area contributed by atoms with E-state index in [-0.39, 0.29) is 11.3 Å². The lowest BCUT2D eigenvalue weighted by Gasteiger charge is -2.23. The smallest absolute Gasteiger partial charge is 0.305 e. The monoisotopic (exact) mass is 271 g/mol. The van der Waals surface area contributed by atoms with Gasteiger partial charge < -0.3 is 5.11 Å². The summed E-state index contributed by atoms with van der Waals surface area (Å²) in [6.45, 7) is 4.93. The summed E-state index contributed by atoms with van der Waals surface area (Å²) in [5.74, 6) is -1.05. The van der Waals surface area contributed by atoms with Gasteiger partial charge in [-0.3, -0.25) is 4.79 Å².